The summed E-state index contributed by atoms with van der Waals surface area (Å²) in [4.78, 5) is 26.5. The minimum atomic E-state index is -0.410. The first-order valence-corrected chi connectivity index (χ1v) is 9.13. The SMILES string of the molecule is CN(C)C(=O)[C@H]1C[C@@H](NC(=O)Nc2ccc(F)cc2)C[C@@H]1c1ccc(F)cc1. The molecule has 1 fully saturated rings. The van der Waals surface area contributed by atoms with Crippen LogP contribution in [0.5, 0.6) is 0 Å². The first kappa shape index (κ1) is 19.8. The van der Waals surface area contributed by atoms with Crippen LogP contribution >= 0.6 is 0 Å². The van der Waals surface area contributed by atoms with Crippen molar-refractivity contribution in [3.63, 3.8) is 0 Å². The monoisotopic (exact) mass is 387 g/mol. The Hall–Kier alpha value is -2.96. The molecule has 0 radical (unpaired) electrons. The molecule has 1 aliphatic rings. The Morgan fingerprint density at radius 1 is 0.929 bits per heavy atom. The van der Waals surface area contributed by atoms with E-state index in [4.69, 9.17) is 0 Å². The first-order chi connectivity index (χ1) is 13.3. The van der Waals surface area contributed by atoms with Gasteiger partial charge in [-0.1, -0.05) is 12.1 Å². The zero-order valence-corrected chi connectivity index (χ0v) is 15.8. The fourth-order valence-electron chi connectivity index (χ4n) is 3.72. The second-order valence-corrected chi connectivity index (χ2v) is 7.27. The summed E-state index contributed by atoms with van der Waals surface area (Å²) in [5.41, 5.74) is 1.36. The highest BCUT2D eigenvalue weighted by Crippen LogP contribution is 2.40. The number of hydrogen-bond acceptors (Lipinski definition) is 2. The molecule has 0 aromatic heterocycles. The number of nitrogens with zero attached hydrogens (tertiary/aromatic N) is 1. The van der Waals surface area contributed by atoms with Crippen molar-refractivity contribution in [3.8, 4) is 0 Å². The van der Waals surface area contributed by atoms with Crippen molar-refractivity contribution < 1.29 is 18.4 Å². The zero-order valence-electron chi connectivity index (χ0n) is 15.8. The number of anilines is 1. The number of rotatable bonds is 4. The van der Waals surface area contributed by atoms with E-state index in [-0.39, 0.29) is 35.4 Å². The van der Waals surface area contributed by atoms with E-state index in [1.54, 1.807) is 31.1 Å². The van der Waals surface area contributed by atoms with Crippen molar-refractivity contribution in [1.82, 2.24) is 10.2 Å². The molecule has 0 spiro atoms. The molecule has 1 aliphatic carbocycles. The predicted molar refractivity (Wildman–Crippen MR) is 103 cm³/mol. The van der Waals surface area contributed by atoms with E-state index in [1.807, 2.05) is 0 Å². The lowest BCUT2D eigenvalue weighted by atomic mass is 9.88. The highest BCUT2D eigenvalue weighted by atomic mass is 19.1. The number of amides is 3. The minimum absolute atomic E-state index is 0.0161. The molecule has 148 valence electrons. The predicted octanol–water partition coefficient (Wildman–Crippen LogP) is 3.74. The second kappa shape index (κ2) is 8.37. The summed E-state index contributed by atoms with van der Waals surface area (Å²) in [5, 5.41) is 5.55. The summed E-state index contributed by atoms with van der Waals surface area (Å²) in [6.07, 6.45) is 1.07. The lowest BCUT2D eigenvalue weighted by Crippen LogP contribution is -2.37. The first-order valence-electron chi connectivity index (χ1n) is 9.13. The van der Waals surface area contributed by atoms with Crippen LogP contribution in [0.2, 0.25) is 0 Å². The summed E-state index contributed by atoms with van der Waals surface area (Å²) < 4.78 is 26.3. The molecule has 0 saturated heterocycles. The molecular formula is C21H23F2N3O2. The number of carbonyl (C=O) groups excluding carboxylic acids is 2. The van der Waals surface area contributed by atoms with Gasteiger partial charge in [-0.05, 0) is 60.7 Å². The Bertz CT molecular complexity index is 838. The normalized spacial score (nSPS) is 21.2. The van der Waals surface area contributed by atoms with Crippen molar-refractivity contribution >= 4 is 17.6 Å². The van der Waals surface area contributed by atoms with Gasteiger partial charge in [0.25, 0.3) is 0 Å². The fraction of sp³-hybridized carbons (Fsp3) is 0.333. The third kappa shape index (κ3) is 4.65. The van der Waals surface area contributed by atoms with Gasteiger partial charge in [-0.3, -0.25) is 4.79 Å². The lowest BCUT2D eigenvalue weighted by molar-refractivity contribution is -0.133. The number of halogens is 2. The van der Waals surface area contributed by atoms with E-state index in [0.717, 1.165) is 5.56 Å². The van der Waals surface area contributed by atoms with E-state index < -0.39 is 6.03 Å². The molecule has 0 aliphatic heterocycles. The Labute approximate surface area is 162 Å². The van der Waals surface area contributed by atoms with Gasteiger partial charge in [0.15, 0.2) is 0 Å². The van der Waals surface area contributed by atoms with Gasteiger partial charge < -0.3 is 15.5 Å². The minimum Gasteiger partial charge on any atom is -0.349 e. The van der Waals surface area contributed by atoms with Gasteiger partial charge in [0, 0.05) is 31.7 Å². The molecule has 3 rings (SSSR count). The highest BCUT2D eigenvalue weighted by Gasteiger charge is 2.40. The van der Waals surface area contributed by atoms with Crippen LogP contribution in [0, 0.1) is 17.6 Å². The summed E-state index contributed by atoms with van der Waals surface area (Å²) in [6, 6.07) is 11.0. The van der Waals surface area contributed by atoms with E-state index >= 15 is 0 Å². The maximum atomic E-state index is 13.3. The number of urea groups is 1. The van der Waals surface area contributed by atoms with Crippen LogP contribution in [0.4, 0.5) is 19.3 Å². The van der Waals surface area contributed by atoms with Crippen LogP contribution in [-0.4, -0.2) is 37.0 Å². The van der Waals surface area contributed by atoms with Crippen LogP contribution < -0.4 is 10.6 Å². The van der Waals surface area contributed by atoms with Crippen LogP contribution in [0.15, 0.2) is 48.5 Å². The van der Waals surface area contributed by atoms with Crippen molar-refractivity contribution in [1.29, 1.82) is 0 Å². The van der Waals surface area contributed by atoms with Crippen molar-refractivity contribution in [2.75, 3.05) is 19.4 Å². The van der Waals surface area contributed by atoms with Gasteiger partial charge in [-0.25, -0.2) is 13.6 Å². The summed E-state index contributed by atoms with van der Waals surface area (Å²) in [5.74, 6) is -1.12. The van der Waals surface area contributed by atoms with E-state index in [0.29, 0.717) is 18.5 Å². The molecule has 28 heavy (non-hydrogen) atoms. The standard InChI is InChI=1S/C21H23F2N3O2/c1-26(2)20(27)19-12-17(11-18(19)13-3-5-14(22)6-4-13)25-21(28)24-16-9-7-15(23)8-10-16/h3-10,17-19H,11-12H2,1-2H3,(H2,24,25,28)/t17-,18+,19-/m0/s1. The van der Waals surface area contributed by atoms with Gasteiger partial charge in [0.05, 0.1) is 0 Å². The Balaban J connectivity index is 1.70. The van der Waals surface area contributed by atoms with Crippen molar-refractivity contribution in [2.45, 2.75) is 24.8 Å². The molecule has 3 atom stereocenters. The van der Waals surface area contributed by atoms with E-state index in [9.17, 15) is 18.4 Å². The van der Waals surface area contributed by atoms with Gasteiger partial charge in [0.2, 0.25) is 5.91 Å². The topological polar surface area (TPSA) is 61.4 Å². The van der Waals surface area contributed by atoms with Crippen LogP contribution in [-0.2, 0) is 4.79 Å². The molecule has 5 nitrogen and oxygen atoms in total. The maximum Gasteiger partial charge on any atom is 0.319 e. The smallest absolute Gasteiger partial charge is 0.319 e. The highest BCUT2D eigenvalue weighted by molar-refractivity contribution is 5.89. The average molecular weight is 387 g/mol. The van der Waals surface area contributed by atoms with Gasteiger partial charge in [0.1, 0.15) is 11.6 Å². The molecule has 0 unspecified atom stereocenters. The Kier molecular flexibility index (Phi) is 5.92. The van der Waals surface area contributed by atoms with E-state index in [2.05, 4.69) is 10.6 Å². The third-order valence-electron chi connectivity index (χ3n) is 5.06. The molecule has 0 heterocycles. The van der Waals surface area contributed by atoms with Gasteiger partial charge in [-0.2, -0.15) is 0 Å². The summed E-state index contributed by atoms with van der Waals surface area (Å²) in [7, 11) is 3.40. The maximum absolute atomic E-state index is 13.3. The average Bonchev–Trinajstić information content (AvgIpc) is 3.07. The zero-order chi connectivity index (χ0) is 20.3. The molecule has 2 N–H and O–H groups in total. The summed E-state index contributed by atoms with van der Waals surface area (Å²) in [6.45, 7) is 0. The molecule has 2 aromatic rings. The number of benzene rings is 2. The number of nitrogens with one attached hydrogen (secondary N) is 2. The number of hydrogen-bond donors (Lipinski definition) is 2. The quantitative estimate of drug-likeness (QED) is 0.840. The van der Waals surface area contributed by atoms with E-state index in [1.165, 1.54) is 36.4 Å². The third-order valence-corrected chi connectivity index (χ3v) is 5.06. The molecule has 3 amide bonds. The Morgan fingerprint density at radius 3 is 2.07 bits per heavy atom. The van der Waals surface area contributed by atoms with Crippen LogP contribution in [0.1, 0.15) is 24.3 Å². The van der Waals surface area contributed by atoms with Crippen molar-refractivity contribution in [3.05, 3.63) is 65.7 Å². The largest absolute Gasteiger partial charge is 0.349 e. The number of carbonyl (C=O) groups is 2. The summed E-state index contributed by atoms with van der Waals surface area (Å²) >= 11 is 0. The van der Waals surface area contributed by atoms with Gasteiger partial charge >= 0.3 is 6.03 Å². The second-order valence-electron chi connectivity index (χ2n) is 7.27. The molecule has 7 heteroatoms. The Morgan fingerprint density at radius 2 is 1.50 bits per heavy atom. The van der Waals surface area contributed by atoms with Gasteiger partial charge in [-0.15, -0.1) is 0 Å². The van der Waals surface area contributed by atoms with Crippen LogP contribution in [0.25, 0.3) is 0 Å². The fourth-order valence-corrected chi connectivity index (χ4v) is 3.72. The molecule has 1 saturated carbocycles. The molecule has 2 aromatic carbocycles. The van der Waals surface area contributed by atoms with Crippen molar-refractivity contribution in [2.24, 2.45) is 5.92 Å². The molecule has 0 bridgehead atoms. The van der Waals surface area contributed by atoms with Crippen LogP contribution in [0.3, 0.4) is 0 Å². The molecular weight excluding hydrogens is 364 g/mol. The lowest BCUT2D eigenvalue weighted by Gasteiger charge is -2.22.